The first-order chi connectivity index (χ1) is 15.9. The van der Waals surface area contributed by atoms with Gasteiger partial charge < -0.3 is 15.0 Å². The summed E-state index contributed by atoms with van der Waals surface area (Å²) in [6.45, 7) is 5.78. The highest BCUT2D eigenvalue weighted by Gasteiger charge is 2.30. The molecule has 34 heavy (non-hydrogen) atoms. The van der Waals surface area contributed by atoms with Gasteiger partial charge in [-0.25, -0.2) is 8.42 Å². The lowest BCUT2D eigenvalue weighted by Crippen LogP contribution is -2.51. The van der Waals surface area contributed by atoms with Crippen LogP contribution in [-0.2, 0) is 26.2 Å². The van der Waals surface area contributed by atoms with Crippen molar-refractivity contribution in [1.29, 1.82) is 0 Å². The van der Waals surface area contributed by atoms with E-state index in [0.29, 0.717) is 18.0 Å². The lowest BCUT2D eigenvalue weighted by molar-refractivity contribution is -0.139. The summed E-state index contributed by atoms with van der Waals surface area (Å²) >= 11 is 2.13. The van der Waals surface area contributed by atoms with Crippen molar-refractivity contribution in [1.82, 2.24) is 10.2 Å². The van der Waals surface area contributed by atoms with Crippen LogP contribution in [0.5, 0.6) is 5.75 Å². The van der Waals surface area contributed by atoms with Crippen LogP contribution in [0.4, 0.5) is 5.69 Å². The number of carbonyl (C=O) groups is 2. The molecule has 0 saturated heterocycles. The summed E-state index contributed by atoms with van der Waals surface area (Å²) in [5.74, 6) is 0.0860. The van der Waals surface area contributed by atoms with Crippen molar-refractivity contribution in [3.05, 3.63) is 57.7 Å². The number of hydrogen-bond donors (Lipinski definition) is 1. The molecule has 0 aromatic heterocycles. The monoisotopic (exact) mass is 601 g/mol. The Morgan fingerprint density at radius 2 is 1.74 bits per heavy atom. The Bertz CT molecular complexity index is 1090. The molecule has 0 fully saturated rings. The molecule has 2 amide bonds. The van der Waals surface area contributed by atoms with Gasteiger partial charge in [0.05, 0.1) is 19.1 Å². The SMILES string of the molecule is COc1cccc(CN(C(=O)CN(c2ccc(I)cc2)S(C)(=O)=O)[C@H](C)C(=O)NCC(C)C)c1. The molecule has 2 aromatic carbocycles. The molecule has 10 heteroatoms. The minimum atomic E-state index is -3.75. The molecule has 0 spiro atoms. The second-order valence-corrected chi connectivity index (χ2v) is 11.6. The number of carbonyl (C=O) groups excluding carboxylic acids is 2. The van der Waals surface area contributed by atoms with Crippen LogP contribution < -0.4 is 14.4 Å². The van der Waals surface area contributed by atoms with E-state index in [1.165, 1.54) is 4.90 Å². The highest BCUT2D eigenvalue weighted by atomic mass is 127. The van der Waals surface area contributed by atoms with Gasteiger partial charge >= 0.3 is 0 Å². The van der Waals surface area contributed by atoms with Crippen molar-refractivity contribution >= 4 is 50.1 Å². The minimum Gasteiger partial charge on any atom is -0.497 e. The number of nitrogens with one attached hydrogen (secondary N) is 1. The Morgan fingerprint density at radius 1 is 1.09 bits per heavy atom. The summed E-state index contributed by atoms with van der Waals surface area (Å²) in [5, 5.41) is 2.86. The molecule has 0 heterocycles. The molecule has 0 saturated carbocycles. The van der Waals surface area contributed by atoms with E-state index in [9.17, 15) is 18.0 Å². The van der Waals surface area contributed by atoms with Crippen LogP contribution >= 0.6 is 22.6 Å². The Kier molecular flexibility index (Phi) is 10.2. The third kappa shape index (κ3) is 8.15. The fourth-order valence-corrected chi connectivity index (χ4v) is 4.43. The van der Waals surface area contributed by atoms with Crippen molar-refractivity contribution in [3.8, 4) is 5.75 Å². The first kappa shape index (κ1) is 27.9. The Balaban J connectivity index is 2.37. The molecular weight excluding hydrogens is 569 g/mol. The first-order valence-corrected chi connectivity index (χ1v) is 13.8. The van der Waals surface area contributed by atoms with Crippen LogP contribution in [-0.4, -0.2) is 57.6 Å². The fourth-order valence-electron chi connectivity index (χ4n) is 3.22. The Labute approximate surface area is 215 Å². The first-order valence-electron chi connectivity index (χ1n) is 10.9. The number of nitrogens with zero attached hydrogens (tertiary/aromatic N) is 2. The van der Waals surface area contributed by atoms with E-state index in [-0.39, 0.29) is 18.4 Å². The summed E-state index contributed by atoms with van der Waals surface area (Å²) < 4.78 is 32.4. The van der Waals surface area contributed by atoms with Crippen molar-refractivity contribution in [2.45, 2.75) is 33.4 Å². The van der Waals surface area contributed by atoms with Crippen molar-refractivity contribution in [2.24, 2.45) is 5.92 Å². The van der Waals surface area contributed by atoms with Crippen LogP contribution in [0.1, 0.15) is 26.3 Å². The van der Waals surface area contributed by atoms with E-state index >= 15 is 0 Å². The number of halogens is 1. The van der Waals surface area contributed by atoms with E-state index in [1.54, 1.807) is 56.5 Å². The van der Waals surface area contributed by atoms with Crippen LogP contribution in [0, 0.1) is 9.49 Å². The summed E-state index contributed by atoms with van der Waals surface area (Å²) in [5.41, 5.74) is 1.14. The summed E-state index contributed by atoms with van der Waals surface area (Å²) in [7, 11) is -2.20. The molecule has 0 radical (unpaired) electrons. The van der Waals surface area contributed by atoms with Gasteiger partial charge in [0.2, 0.25) is 21.8 Å². The molecule has 0 aliphatic carbocycles. The third-order valence-electron chi connectivity index (χ3n) is 5.13. The topological polar surface area (TPSA) is 96.0 Å². The van der Waals surface area contributed by atoms with Crippen LogP contribution in [0.3, 0.4) is 0 Å². The van der Waals surface area contributed by atoms with Gasteiger partial charge in [0.15, 0.2) is 0 Å². The summed E-state index contributed by atoms with van der Waals surface area (Å²) in [6.07, 6.45) is 1.06. The average Bonchev–Trinajstić information content (AvgIpc) is 2.78. The van der Waals surface area contributed by atoms with E-state index in [0.717, 1.165) is 19.7 Å². The largest absolute Gasteiger partial charge is 0.497 e. The second-order valence-electron chi connectivity index (χ2n) is 8.43. The number of ether oxygens (including phenoxy) is 1. The number of rotatable bonds is 11. The van der Waals surface area contributed by atoms with Crippen LogP contribution in [0.15, 0.2) is 48.5 Å². The zero-order valence-corrected chi connectivity index (χ0v) is 23.1. The van der Waals surface area contributed by atoms with Crippen molar-refractivity contribution < 1.29 is 22.7 Å². The molecular formula is C24H32IN3O5S. The van der Waals surface area contributed by atoms with Gasteiger partial charge in [-0.2, -0.15) is 0 Å². The van der Waals surface area contributed by atoms with Gasteiger partial charge in [-0.15, -0.1) is 0 Å². The fraction of sp³-hybridized carbons (Fsp3) is 0.417. The average molecular weight is 602 g/mol. The van der Waals surface area contributed by atoms with Crippen molar-refractivity contribution in [3.63, 3.8) is 0 Å². The maximum Gasteiger partial charge on any atom is 0.244 e. The number of hydrogen-bond acceptors (Lipinski definition) is 5. The Hall–Kier alpha value is -2.34. The molecule has 2 rings (SSSR count). The molecule has 0 unspecified atom stereocenters. The lowest BCUT2D eigenvalue weighted by Gasteiger charge is -2.31. The molecule has 0 aliphatic rings. The maximum atomic E-state index is 13.5. The maximum absolute atomic E-state index is 13.5. The molecule has 1 atom stereocenters. The molecule has 8 nitrogen and oxygen atoms in total. The number of sulfonamides is 1. The summed E-state index contributed by atoms with van der Waals surface area (Å²) in [6, 6.07) is 13.2. The lowest BCUT2D eigenvalue weighted by atomic mass is 10.1. The highest BCUT2D eigenvalue weighted by molar-refractivity contribution is 14.1. The smallest absolute Gasteiger partial charge is 0.244 e. The summed E-state index contributed by atoms with van der Waals surface area (Å²) in [4.78, 5) is 27.7. The normalized spacial score (nSPS) is 12.2. The van der Waals surface area contributed by atoms with Crippen LogP contribution in [0.25, 0.3) is 0 Å². The van der Waals surface area contributed by atoms with Gasteiger partial charge in [-0.1, -0.05) is 26.0 Å². The van der Waals surface area contributed by atoms with E-state index in [1.807, 2.05) is 19.9 Å². The van der Waals surface area contributed by atoms with Gasteiger partial charge in [0.25, 0.3) is 0 Å². The van der Waals surface area contributed by atoms with Gasteiger partial charge in [-0.3, -0.25) is 13.9 Å². The quantitative estimate of drug-likeness (QED) is 0.399. The molecule has 0 aliphatic heterocycles. The predicted molar refractivity (Wildman–Crippen MR) is 142 cm³/mol. The molecule has 1 N–H and O–H groups in total. The van der Waals surface area contributed by atoms with Gasteiger partial charge in [-0.05, 0) is 77.4 Å². The third-order valence-corrected chi connectivity index (χ3v) is 6.99. The molecule has 186 valence electrons. The number of anilines is 1. The van der Waals surface area contributed by atoms with Gasteiger partial charge in [0, 0.05) is 16.7 Å². The van der Waals surface area contributed by atoms with Gasteiger partial charge in [0.1, 0.15) is 18.3 Å². The molecule has 0 bridgehead atoms. The zero-order valence-electron chi connectivity index (χ0n) is 20.1. The standard InChI is InChI=1S/C24H32IN3O5S/c1-17(2)14-26-24(30)18(3)27(15-19-7-6-8-22(13-19)33-4)23(29)16-28(34(5,31)32)21-11-9-20(25)10-12-21/h6-13,17-18H,14-16H2,1-5H3,(H,26,30)/t18-/m1/s1. The minimum absolute atomic E-state index is 0.122. The molecule has 2 aromatic rings. The van der Waals surface area contributed by atoms with Crippen LogP contribution in [0.2, 0.25) is 0 Å². The van der Waals surface area contributed by atoms with E-state index in [4.69, 9.17) is 4.74 Å². The van der Waals surface area contributed by atoms with E-state index < -0.39 is 28.5 Å². The van der Waals surface area contributed by atoms with Crippen molar-refractivity contribution in [2.75, 3.05) is 30.8 Å². The second kappa shape index (κ2) is 12.4. The zero-order chi connectivity index (χ0) is 25.5. The number of amides is 2. The number of benzene rings is 2. The predicted octanol–water partition coefficient (Wildman–Crippen LogP) is 3.26. The number of methoxy groups -OCH3 is 1. The van der Waals surface area contributed by atoms with E-state index in [2.05, 4.69) is 27.9 Å². The highest BCUT2D eigenvalue weighted by Crippen LogP contribution is 2.21. The Morgan fingerprint density at radius 3 is 2.29 bits per heavy atom.